The first-order chi connectivity index (χ1) is 12.4. The smallest absolute Gasteiger partial charge is 0.408 e. The molecule has 0 aliphatic carbocycles. The van der Waals surface area contributed by atoms with Gasteiger partial charge in [-0.15, -0.1) is 0 Å². The van der Waals surface area contributed by atoms with Gasteiger partial charge in [0.1, 0.15) is 17.0 Å². The summed E-state index contributed by atoms with van der Waals surface area (Å²) in [7, 11) is 0. The summed E-state index contributed by atoms with van der Waals surface area (Å²) in [5.41, 5.74) is -2.48. The van der Waals surface area contributed by atoms with Crippen LogP contribution in [0.4, 0.5) is 18.0 Å². The van der Waals surface area contributed by atoms with E-state index in [0.29, 0.717) is 0 Å². The van der Waals surface area contributed by atoms with Gasteiger partial charge in [0.15, 0.2) is 11.6 Å². The van der Waals surface area contributed by atoms with Gasteiger partial charge < -0.3 is 14.8 Å². The van der Waals surface area contributed by atoms with Gasteiger partial charge >= 0.3 is 6.09 Å². The minimum absolute atomic E-state index is 0.0135. The third kappa shape index (κ3) is 5.31. The topological polar surface area (TPSA) is 47.6 Å². The number of amides is 1. The molecule has 1 aromatic carbocycles. The molecule has 1 aromatic rings. The highest BCUT2D eigenvalue weighted by molar-refractivity contribution is 5.68. The van der Waals surface area contributed by atoms with Crippen molar-refractivity contribution in [3.05, 3.63) is 29.3 Å². The van der Waals surface area contributed by atoms with Crippen LogP contribution < -0.4 is 10.1 Å². The van der Waals surface area contributed by atoms with Gasteiger partial charge in [0, 0.05) is 11.5 Å². The largest absolute Gasteiger partial charge is 0.493 e. The third-order valence-electron chi connectivity index (χ3n) is 4.08. The average Bonchev–Trinajstić information content (AvgIpc) is 2.52. The molecule has 1 aliphatic heterocycles. The van der Waals surface area contributed by atoms with Crippen LogP contribution in [0.1, 0.15) is 46.1 Å². The van der Waals surface area contributed by atoms with Gasteiger partial charge in [-0.3, -0.25) is 0 Å². The highest BCUT2D eigenvalue weighted by Gasteiger charge is 2.42. The molecule has 148 valence electrons. The van der Waals surface area contributed by atoms with Crippen molar-refractivity contribution in [2.75, 3.05) is 13.2 Å². The maximum Gasteiger partial charge on any atom is 0.408 e. The molecule has 2 atom stereocenters. The summed E-state index contributed by atoms with van der Waals surface area (Å²) in [5, 5.41) is 2.45. The zero-order valence-electron chi connectivity index (χ0n) is 16.1. The number of nitrogens with one attached hydrogen (secondary N) is 1. The Hall–Kier alpha value is -2.36. The van der Waals surface area contributed by atoms with E-state index in [1.807, 2.05) is 0 Å². The molecule has 0 spiro atoms. The molecule has 1 aliphatic rings. The lowest BCUT2D eigenvalue weighted by molar-refractivity contribution is 0.0532. The molecule has 0 fully saturated rings. The van der Waals surface area contributed by atoms with Crippen LogP contribution in [0, 0.1) is 29.4 Å². The average molecular weight is 383 g/mol. The van der Waals surface area contributed by atoms with Crippen molar-refractivity contribution in [2.45, 2.75) is 51.8 Å². The molecule has 27 heavy (non-hydrogen) atoms. The number of hydrogen-bond acceptors (Lipinski definition) is 3. The number of alkyl carbamates (subject to hydrolysis) is 1. The van der Waals surface area contributed by atoms with Gasteiger partial charge in [-0.1, -0.05) is 11.8 Å². The maximum atomic E-state index is 14.6. The van der Waals surface area contributed by atoms with Gasteiger partial charge in [-0.2, -0.15) is 0 Å². The van der Waals surface area contributed by atoms with Crippen LogP contribution in [0.5, 0.6) is 5.75 Å². The summed E-state index contributed by atoms with van der Waals surface area (Å²) in [6.45, 7) is 7.78. The van der Waals surface area contributed by atoms with E-state index < -0.39 is 40.8 Å². The SMILES string of the molecule is CC(C)(C)OC(=O)NCC#C[C@@H]1c2c(ccc(F)c2F)OC[C@@H]1C(C)(C)F. The summed E-state index contributed by atoms with van der Waals surface area (Å²) in [5.74, 6) is 1.76. The van der Waals surface area contributed by atoms with Crippen molar-refractivity contribution < 1.29 is 27.4 Å². The Morgan fingerprint density at radius 2 is 1.96 bits per heavy atom. The van der Waals surface area contributed by atoms with Crippen molar-refractivity contribution in [2.24, 2.45) is 5.92 Å². The first kappa shape index (κ1) is 20.9. The lowest BCUT2D eigenvalue weighted by Crippen LogP contribution is -2.39. The summed E-state index contributed by atoms with van der Waals surface area (Å²) >= 11 is 0. The lowest BCUT2D eigenvalue weighted by atomic mass is 9.76. The second-order valence-electron chi connectivity index (χ2n) is 7.91. The van der Waals surface area contributed by atoms with E-state index in [1.165, 1.54) is 19.9 Å². The fourth-order valence-electron chi connectivity index (χ4n) is 2.80. The molecule has 0 aromatic heterocycles. The fraction of sp³-hybridized carbons (Fsp3) is 0.550. The standard InChI is InChI=1S/C20H24F3NO3/c1-19(2,3)27-18(25)24-10-6-7-12-13(20(4,5)23)11-26-15-9-8-14(21)17(22)16(12)15/h8-9,12-13H,10-11H2,1-5H3,(H,24,25)/t12-,13-/m0/s1. The Morgan fingerprint density at radius 1 is 1.30 bits per heavy atom. The van der Waals surface area contributed by atoms with Crippen LogP contribution in [-0.2, 0) is 4.74 Å². The Labute approximate surface area is 157 Å². The Morgan fingerprint density at radius 3 is 2.56 bits per heavy atom. The molecule has 2 rings (SSSR count). The Kier molecular flexibility index (Phi) is 5.98. The zero-order chi connectivity index (χ0) is 20.4. The number of fused-ring (bicyclic) bond motifs is 1. The third-order valence-corrected chi connectivity index (χ3v) is 4.08. The lowest BCUT2D eigenvalue weighted by Gasteiger charge is -2.36. The zero-order valence-corrected chi connectivity index (χ0v) is 16.1. The summed E-state index contributed by atoms with van der Waals surface area (Å²) in [6, 6.07) is 2.27. The number of benzene rings is 1. The van der Waals surface area contributed by atoms with E-state index in [2.05, 4.69) is 17.2 Å². The predicted molar refractivity (Wildman–Crippen MR) is 95.3 cm³/mol. The number of hydrogen-bond donors (Lipinski definition) is 1. The van der Waals surface area contributed by atoms with E-state index in [9.17, 15) is 18.0 Å². The van der Waals surface area contributed by atoms with E-state index in [4.69, 9.17) is 9.47 Å². The molecule has 7 heteroatoms. The van der Waals surface area contributed by atoms with Crippen molar-refractivity contribution in [3.63, 3.8) is 0 Å². The van der Waals surface area contributed by atoms with Crippen LogP contribution in [0.2, 0.25) is 0 Å². The summed E-state index contributed by atoms with van der Waals surface area (Å²) in [4.78, 5) is 11.6. The highest BCUT2D eigenvalue weighted by atomic mass is 19.2. The molecule has 0 saturated carbocycles. The first-order valence-electron chi connectivity index (χ1n) is 8.65. The molecular formula is C20H24F3NO3. The Bertz CT molecular complexity index is 770. The number of carbonyl (C=O) groups is 1. The van der Waals surface area contributed by atoms with Crippen LogP contribution in [0.25, 0.3) is 0 Å². The van der Waals surface area contributed by atoms with Gasteiger partial charge in [0.2, 0.25) is 0 Å². The number of carbonyl (C=O) groups excluding carboxylic acids is 1. The van der Waals surface area contributed by atoms with E-state index >= 15 is 0 Å². The van der Waals surface area contributed by atoms with Gasteiger partial charge in [-0.05, 0) is 46.8 Å². The van der Waals surface area contributed by atoms with Crippen molar-refractivity contribution in [3.8, 4) is 17.6 Å². The van der Waals surface area contributed by atoms with Crippen molar-refractivity contribution in [1.82, 2.24) is 5.32 Å². The second kappa shape index (κ2) is 7.71. The van der Waals surface area contributed by atoms with Gasteiger partial charge in [-0.25, -0.2) is 18.0 Å². The molecule has 1 amide bonds. The minimum atomic E-state index is -1.73. The minimum Gasteiger partial charge on any atom is -0.493 e. The number of ether oxygens (including phenoxy) is 2. The molecule has 0 bridgehead atoms. The predicted octanol–water partition coefficient (Wildman–Crippen LogP) is 4.33. The van der Waals surface area contributed by atoms with Gasteiger partial charge in [0.05, 0.1) is 19.1 Å². The summed E-state index contributed by atoms with van der Waals surface area (Å²) in [6.07, 6.45) is -0.649. The number of alkyl halides is 1. The van der Waals surface area contributed by atoms with Crippen LogP contribution >= 0.6 is 0 Å². The van der Waals surface area contributed by atoms with E-state index in [-0.39, 0.29) is 24.5 Å². The summed E-state index contributed by atoms with van der Waals surface area (Å²) < 4.78 is 53.2. The van der Waals surface area contributed by atoms with Gasteiger partial charge in [0.25, 0.3) is 0 Å². The number of rotatable bonds is 2. The molecule has 1 heterocycles. The van der Waals surface area contributed by atoms with Crippen LogP contribution in [-0.4, -0.2) is 30.5 Å². The van der Waals surface area contributed by atoms with E-state index in [1.54, 1.807) is 20.8 Å². The monoisotopic (exact) mass is 383 g/mol. The van der Waals surface area contributed by atoms with Crippen molar-refractivity contribution in [1.29, 1.82) is 0 Å². The van der Waals surface area contributed by atoms with Crippen LogP contribution in [0.3, 0.4) is 0 Å². The van der Waals surface area contributed by atoms with Crippen molar-refractivity contribution >= 4 is 6.09 Å². The molecule has 0 unspecified atom stereocenters. The maximum absolute atomic E-state index is 14.6. The highest BCUT2D eigenvalue weighted by Crippen LogP contribution is 2.44. The molecule has 4 nitrogen and oxygen atoms in total. The first-order valence-corrected chi connectivity index (χ1v) is 8.65. The molecule has 1 N–H and O–H groups in total. The molecular weight excluding hydrogens is 359 g/mol. The molecule has 0 saturated heterocycles. The Balaban J connectivity index is 2.25. The van der Waals surface area contributed by atoms with Crippen LogP contribution in [0.15, 0.2) is 12.1 Å². The normalized spacial score (nSPS) is 19.3. The number of halogens is 3. The quantitative estimate of drug-likeness (QED) is 0.773. The molecule has 0 radical (unpaired) electrons. The second-order valence-corrected chi connectivity index (χ2v) is 7.91. The fourth-order valence-corrected chi connectivity index (χ4v) is 2.80. The van der Waals surface area contributed by atoms with E-state index in [0.717, 1.165) is 6.07 Å².